The number of piperidine rings is 1. The Kier molecular flexibility index (Phi) is 7.93. The van der Waals surface area contributed by atoms with Gasteiger partial charge >= 0.3 is 6.16 Å². The maximum Gasteiger partial charge on any atom is 0.514 e. The molecule has 10 nitrogen and oxygen atoms in total. The highest BCUT2D eigenvalue weighted by atomic mass is 35.5. The summed E-state index contributed by atoms with van der Waals surface area (Å²) in [7, 11) is 4.94. The van der Waals surface area contributed by atoms with Gasteiger partial charge in [0.05, 0.1) is 29.7 Å². The number of thiazole rings is 2. The molecule has 1 aliphatic heterocycles. The van der Waals surface area contributed by atoms with Gasteiger partial charge in [-0.1, -0.05) is 34.5 Å². The molecule has 1 aliphatic rings. The molecule has 0 bridgehead atoms. The maximum atomic E-state index is 15.2. The normalized spacial score (nSPS) is 17.7. The number of halogens is 3. The first kappa shape index (κ1) is 26.5. The molecule has 1 saturated heterocycles. The van der Waals surface area contributed by atoms with Crippen LogP contribution >= 0.6 is 45.9 Å². The summed E-state index contributed by atoms with van der Waals surface area (Å²) in [5.74, 6) is -0.526. The SMILES string of the molecule is COC(=O)Oc1sc(N2CC[C@@H](NC(=O)c3[nH]c(C)c(Cl)c3Cl)[C@@H](F)C2)nc1-c1csc(N(C)C)n1. The summed E-state index contributed by atoms with van der Waals surface area (Å²) in [5.41, 5.74) is 1.55. The third-order valence-electron chi connectivity index (χ3n) is 5.45. The number of aromatic amines is 1. The van der Waals surface area contributed by atoms with E-state index in [-0.39, 0.29) is 27.3 Å². The van der Waals surface area contributed by atoms with Gasteiger partial charge in [-0.25, -0.2) is 19.2 Å². The van der Waals surface area contributed by atoms with Gasteiger partial charge in [-0.2, -0.15) is 0 Å². The zero-order chi connectivity index (χ0) is 26.1. The first-order chi connectivity index (χ1) is 17.1. The van der Waals surface area contributed by atoms with Gasteiger partial charge in [-0.3, -0.25) is 4.79 Å². The van der Waals surface area contributed by atoms with Crippen molar-refractivity contribution in [2.75, 3.05) is 44.1 Å². The summed E-state index contributed by atoms with van der Waals surface area (Å²) in [5, 5.41) is 6.28. The maximum absolute atomic E-state index is 15.2. The topological polar surface area (TPSA) is 113 Å². The fourth-order valence-corrected chi connectivity index (χ4v) is 5.68. The van der Waals surface area contributed by atoms with Crippen LogP contribution < -0.4 is 19.9 Å². The molecule has 0 unspecified atom stereocenters. The Morgan fingerprint density at radius 2 is 2.06 bits per heavy atom. The molecule has 3 aromatic heterocycles. The molecule has 0 aromatic carbocycles. The van der Waals surface area contributed by atoms with Gasteiger partial charge in [0, 0.05) is 31.7 Å². The smallest absolute Gasteiger partial charge is 0.437 e. The Labute approximate surface area is 224 Å². The van der Waals surface area contributed by atoms with E-state index in [2.05, 4.69) is 25.0 Å². The molecule has 0 aliphatic carbocycles. The molecular weight excluding hydrogens is 554 g/mol. The number of aryl methyl sites for hydroxylation is 1. The minimum Gasteiger partial charge on any atom is -0.437 e. The second kappa shape index (κ2) is 10.8. The largest absolute Gasteiger partial charge is 0.514 e. The summed E-state index contributed by atoms with van der Waals surface area (Å²) in [6.07, 6.45) is -1.95. The van der Waals surface area contributed by atoms with Crippen LogP contribution in [0.5, 0.6) is 5.06 Å². The first-order valence-corrected chi connectivity index (χ1v) is 13.2. The Morgan fingerprint density at radius 3 is 2.64 bits per heavy atom. The van der Waals surface area contributed by atoms with Crippen LogP contribution in [0, 0.1) is 6.92 Å². The number of carbonyl (C=O) groups is 2. The van der Waals surface area contributed by atoms with E-state index in [1.54, 1.807) is 17.2 Å². The summed E-state index contributed by atoms with van der Waals surface area (Å²) in [6.45, 7) is 2.08. The zero-order valence-electron chi connectivity index (χ0n) is 19.7. The van der Waals surface area contributed by atoms with Crippen LogP contribution in [0.15, 0.2) is 5.38 Å². The number of rotatable bonds is 6. The molecule has 1 amide bonds. The highest BCUT2D eigenvalue weighted by Crippen LogP contribution is 2.41. The average molecular weight is 577 g/mol. The van der Waals surface area contributed by atoms with Gasteiger partial charge < -0.3 is 29.6 Å². The van der Waals surface area contributed by atoms with E-state index in [1.165, 1.54) is 18.4 Å². The van der Waals surface area contributed by atoms with E-state index in [0.29, 0.717) is 35.2 Å². The molecule has 3 aromatic rings. The van der Waals surface area contributed by atoms with Crippen LogP contribution in [-0.2, 0) is 4.74 Å². The highest BCUT2D eigenvalue weighted by molar-refractivity contribution is 7.18. The van der Waals surface area contributed by atoms with Crippen LogP contribution in [0.1, 0.15) is 22.6 Å². The standard InChI is InChI=1S/C21H23Cl2FN6O4S2/c1-9-13(22)14(23)16(25-9)17(31)26-11-5-6-30(7-10(11)24)20-28-15(18(36-20)34-21(32)33-4)12-8-35-19(27-12)29(2)3/h8,10-11,25H,5-7H2,1-4H3,(H,26,31)/t10-,11+/m0/s1. The molecule has 4 rings (SSSR count). The van der Waals surface area contributed by atoms with Gasteiger partial charge in [0.15, 0.2) is 10.3 Å². The number of nitrogens with zero attached hydrogens (tertiary/aromatic N) is 4. The van der Waals surface area contributed by atoms with Crippen molar-refractivity contribution >= 4 is 68.2 Å². The fourth-order valence-electron chi connectivity index (χ4n) is 3.57. The summed E-state index contributed by atoms with van der Waals surface area (Å²) in [4.78, 5) is 40.0. The van der Waals surface area contributed by atoms with Crippen LogP contribution in [-0.4, -0.2) is 73.5 Å². The minimum atomic E-state index is -1.38. The number of hydrogen-bond donors (Lipinski definition) is 2. The van der Waals surface area contributed by atoms with Crippen molar-refractivity contribution in [3.8, 4) is 16.5 Å². The zero-order valence-corrected chi connectivity index (χ0v) is 22.9. The number of hydrogen-bond acceptors (Lipinski definition) is 10. The lowest BCUT2D eigenvalue weighted by Crippen LogP contribution is -2.52. The molecule has 0 saturated carbocycles. The molecule has 4 heterocycles. The Morgan fingerprint density at radius 1 is 1.31 bits per heavy atom. The van der Waals surface area contributed by atoms with Crippen LogP contribution in [0.3, 0.4) is 0 Å². The lowest BCUT2D eigenvalue weighted by molar-refractivity contribution is 0.0894. The Hall–Kier alpha value is -2.61. The van der Waals surface area contributed by atoms with E-state index in [4.69, 9.17) is 27.9 Å². The average Bonchev–Trinajstić information content (AvgIpc) is 3.55. The van der Waals surface area contributed by atoms with Gasteiger partial charge in [-0.15, -0.1) is 11.3 Å². The van der Waals surface area contributed by atoms with Gasteiger partial charge in [0.1, 0.15) is 23.3 Å². The van der Waals surface area contributed by atoms with Crippen molar-refractivity contribution in [2.45, 2.75) is 25.6 Å². The Balaban J connectivity index is 1.50. The van der Waals surface area contributed by atoms with E-state index in [9.17, 15) is 9.59 Å². The summed E-state index contributed by atoms with van der Waals surface area (Å²) in [6, 6.07) is -0.724. The van der Waals surface area contributed by atoms with Gasteiger partial charge in [0.2, 0.25) is 5.06 Å². The van der Waals surface area contributed by atoms with Gasteiger partial charge in [0.25, 0.3) is 5.91 Å². The van der Waals surface area contributed by atoms with Crippen molar-refractivity contribution in [1.29, 1.82) is 0 Å². The van der Waals surface area contributed by atoms with E-state index >= 15 is 4.39 Å². The third-order valence-corrected chi connectivity index (χ3v) is 8.40. The number of nitrogens with one attached hydrogen (secondary N) is 2. The minimum absolute atomic E-state index is 0.0200. The molecule has 194 valence electrons. The number of carbonyl (C=O) groups excluding carboxylic acids is 2. The lowest BCUT2D eigenvalue weighted by atomic mass is 10.0. The van der Waals surface area contributed by atoms with Crippen molar-refractivity contribution in [2.24, 2.45) is 0 Å². The van der Waals surface area contributed by atoms with E-state index < -0.39 is 24.3 Å². The summed E-state index contributed by atoms with van der Waals surface area (Å²) >= 11 is 14.7. The Bertz CT molecular complexity index is 1280. The molecule has 1 fully saturated rings. The second-order valence-corrected chi connectivity index (χ2v) is 10.7. The van der Waals surface area contributed by atoms with Gasteiger partial charge in [-0.05, 0) is 13.3 Å². The quantitative estimate of drug-likeness (QED) is 0.403. The number of H-pyrrole nitrogens is 1. The van der Waals surface area contributed by atoms with Crippen molar-refractivity contribution < 1.29 is 23.5 Å². The van der Waals surface area contributed by atoms with E-state index in [0.717, 1.165) is 16.5 Å². The highest BCUT2D eigenvalue weighted by Gasteiger charge is 2.34. The number of ether oxygens (including phenoxy) is 2. The van der Waals surface area contributed by atoms with Crippen LogP contribution in [0.2, 0.25) is 10.0 Å². The molecule has 15 heteroatoms. The predicted molar refractivity (Wildman–Crippen MR) is 139 cm³/mol. The molecular formula is C21H23Cl2FN6O4S2. The monoisotopic (exact) mass is 576 g/mol. The molecule has 2 N–H and O–H groups in total. The number of aromatic nitrogens is 3. The number of methoxy groups -OCH3 is 1. The number of anilines is 2. The predicted octanol–water partition coefficient (Wildman–Crippen LogP) is 4.77. The van der Waals surface area contributed by atoms with Crippen LogP contribution in [0.4, 0.5) is 19.4 Å². The summed E-state index contributed by atoms with van der Waals surface area (Å²) < 4.78 is 25.1. The van der Waals surface area contributed by atoms with E-state index in [1.807, 2.05) is 19.0 Å². The first-order valence-electron chi connectivity index (χ1n) is 10.7. The second-order valence-electron chi connectivity index (χ2n) is 8.18. The number of amides is 1. The molecule has 2 atom stereocenters. The molecule has 0 radical (unpaired) electrons. The van der Waals surface area contributed by atoms with Crippen molar-refractivity contribution in [3.63, 3.8) is 0 Å². The molecule has 0 spiro atoms. The fraction of sp³-hybridized carbons (Fsp3) is 0.429. The lowest BCUT2D eigenvalue weighted by Gasteiger charge is -2.34. The van der Waals surface area contributed by atoms with Crippen molar-refractivity contribution in [1.82, 2.24) is 20.3 Å². The third kappa shape index (κ3) is 5.38. The van der Waals surface area contributed by atoms with Crippen LogP contribution in [0.25, 0.3) is 11.4 Å². The number of alkyl halides is 1. The van der Waals surface area contributed by atoms with Crippen molar-refractivity contribution in [3.05, 3.63) is 26.8 Å². The molecule has 36 heavy (non-hydrogen) atoms.